The lowest BCUT2D eigenvalue weighted by Crippen LogP contribution is -2.44. The minimum absolute atomic E-state index is 0.121. The third-order valence-electron chi connectivity index (χ3n) is 5.26. The number of nitrogens with zero attached hydrogens (tertiary/aromatic N) is 1. The van der Waals surface area contributed by atoms with Crippen molar-refractivity contribution in [2.24, 2.45) is 13.0 Å². The van der Waals surface area contributed by atoms with E-state index in [0.717, 1.165) is 35.9 Å². The van der Waals surface area contributed by atoms with E-state index in [9.17, 15) is 9.59 Å². The van der Waals surface area contributed by atoms with Gasteiger partial charge in [-0.15, -0.1) is 0 Å². The van der Waals surface area contributed by atoms with E-state index in [-0.39, 0.29) is 6.04 Å². The SMILES string of the molecule is Cc1c(C(=O)C(=O)N[C@@H]2CCCC[C@@H]2C)c2ccccc2n1C. The van der Waals surface area contributed by atoms with Crippen LogP contribution in [-0.2, 0) is 11.8 Å². The molecule has 0 bridgehead atoms. The van der Waals surface area contributed by atoms with E-state index in [0.29, 0.717) is 11.5 Å². The van der Waals surface area contributed by atoms with Gasteiger partial charge in [0.1, 0.15) is 0 Å². The molecule has 1 aliphatic rings. The lowest BCUT2D eigenvalue weighted by atomic mass is 9.86. The van der Waals surface area contributed by atoms with Crippen molar-refractivity contribution < 1.29 is 9.59 Å². The molecule has 1 heterocycles. The highest BCUT2D eigenvalue weighted by atomic mass is 16.2. The number of carbonyl (C=O) groups excluding carboxylic acids is 2. The fourth-order valence-corrected chi connectivity index (χ4v) is 3.69. The highest BCUT2D eigenvalue weighted by Gasteiger charge is 2.28. The predicted octanol–water partition coefficient (Wildman–Crippen LogP) is 3.36. The largest absolute Gasteiger partial charge is 0.347 e. The summed E-state index contributed by atoms with van der Waals surface area (Å²) in [7, 11) is 1.93. The number of carbonyl (C=O) groups is 2. The molecule has 0 saturated heterocycles. The molecular weight excluding hydrogens is 288 g/mol. The Labute approximate surface area is 136 Å². The normalized spacial score (nSPS) is 21.3. The number of aryl methyl sites for hydroxylation is 1. The lowest BCUT2D eigenvalue weighted by molar-refractivity contribution is -0.118. The van der Waals surface area contributed by atoms with Gasteiger partial charge in [0.05, 0.1) is 5.56 Å². The monoisotopic (exact) mass is 312 g/mol. The Morgan fingerprint density at radius 3 is 2.61 bits per heavy atom. The third-order valence-corrected chi connectivity index (χ3v) is 5.26. The predicted molar refractivity (Wildman–Crippen MR) is 91.5 cm³/mol. The van der Waals surface area contributed by atoms with Gasteiger partial charge in [0.2, 0.25) is 0 Å². The first-order valence-corrected chi connectivity index (χ1v) is 8.40. The Bertz CT molecular complexity index is 760. The van der Waals surface area contributed by atoms with Crippen LogP contribution in [0.25, 0.3) is 10.9 Å². The van der Waals surface area contributed by atoms with Gasteiger partial charge in [-0.05, 0) is 31.7 Å². The van der Waals surface area contributed by atoms with E-state index in [1.165, 1.54) is 6.42 Å². The first-order valence-electron chi connectivity index (χ1n) is 8.40. The van der Waals surface area contributed by atoms with Gasteiger partial charge >= 0.3 is 0 Å². The first kappa shape index (κ1) is 15.8. The molecule has 0 spiro atoms. The van der Waals surface area contributed by atoms with E-state index in [4.69, 9.17) is 0 Å². The van der Waals surface area contributed by atoms with Gasteiger partial charge in [0, 0.05) is 29.7 Å². The maximum absolute atomic E-state index is 12.7. The van der Waals surface area contributed by atoms with Crippen LogP contribution >= 0.6 is 0 Å². The molecule has 122 valence electrons. The summed E-state index contributed by atoms with van der Waals surface area (Å²) < 4.78 is 1.97. The van der Waals surface area contributed by atoms with E-state index < -0.39 is 11.7 Å². The van der Waals surface area contributed by atoms with E-state index in [2.05, 4.69) is 12.2 Å². The van der Waals surface area contributed by atoms with Gasteiger partial charge in [-0.25, -0.2) is 0 Å². The number of para-hydroxylation sites is 1. The highest BCUT2D eigenvalue weighted by molar-refractivity contribution is 6.45. The van der Waals surface area contributed by atoms with Crippen LogP contribution in [0.15, 0.2) is 24.3 Å². The number of hydrogen-bond donors (Lipinski definition) is 1. The second-order valence-corrected chi connectivity index (χ2v) is 6.71. The summed E-state index contributed by atoms with van der Waals surface area (Å²) >= 11 is 0. The van der Waals surface area contributed by atoms with Gasteiger partial charge in [-0.2, -0.15) is 0 Å². The summed E-state index contributed by atoms with van der Waals surface area (Å²) in [5.74, 6) is -0.450. The number of rotatable bonds is 3. The molecule has 23 heavy (non-hydrogen) atoms. The minimum Gasteiger partial charge on any atom is -0.347 e. The van der Waals surface area contributed by atoms with Crippen LogP contribution in [0.5, 0.6) is 0 Å². The minimum atomic E-state index is -0.469. The molecule has 2 atom stereocenters. The van der Waals surface area contributed by atoms with Crippen molar-refractivity contribution in [2.75, 3.05) is 0 Å². The number of ketones is 1. The molecule has 1 amide bonds. The molecule has 1 saturated carbocycles. The number of nitrogens with one attached hydrogen (secondary N) is 1. The van der Waals surface area contributed by atoms with Crippen molar-refractivity contribution in [1.29, 1.82) is 0 Å². The van der Waals surface area contributed by atoms with E-state index in [1.54, 1.807) is 0 Å². The van der Waals surface area contributed by atoms with Crippen molar-refractivity contribution in [2.45, 2.75) is 45.6 Å². The fraction of sp³-hybridized carbons (Fsp3) is 0.474. The summed E-state index contributed by atoms with van der Waals surface area (Å²) in [6, 6.07) is 7.85. The lowest BCUT2D eigenvalue weighted by Gasteiger charge is -2.29. The summed E-state index contributed by atoms with van der Waals surface area (Å²) in [6.45, 7) is 4.04. The summed E-state index contributed by atoms with van der Waals surface area (Å²) in [5, 5.41) is 3.82. The van der Waals surface area contributed by atoms with Crippen molar-refractivity contribution in [3.63, 3.8) is 0 Å². The van der Waals surface area contributed by atoms with Crippen molar-refractivity contribution in [1.82, 2.24) is 9.88 Å². The molecule has 2 aromatic rings. The zero-order valence-electron chi connectivity index (χ0n) is 14.1. The second kappa shape index (κ2) is 6.19. The highest BCUT2D eigenvalue weighted by Crippen LogP contribution is 2.26. The third kappa shape index (κ3) is 2.78. The summed E-state index contributed by atoms with van der Waals surface area (Å²) in [4.78, 5) is 25.2. The van der Waals surface area contributed by atoms with Gasteiger partial charge in [0.15, 0.2) is 0 Å². The first-order chi connectivity index (χ1) is 11.0. The second-order valence-electron chi connectivity index (χ2n) is 6.71. The standard InChI is InChI=1S/C19H24N2O2/c1-12-8-4-6-10-15(12)20-19(23)18(22)17-13(2)21(3)16-11-7-5-9-14(16)17/h5,7,9,11-12,15H,4,6,8,10H2,1-3H3,(H,20,23)/t12-,15+/m0/s1. The molecule has 3 rings (SSSR count). The molecule has 1 aliphatic carbocycles. The van der Waals surface area contributed by atoms with Crippen LogP contribution in [0.4, 0.5) is 0 Å². The number of hydrogen-bond acceptors (Lipinski definition) is 2. The van der Waals surface area contributed by atoms with E-state index >= 15 is 0 Å². The van der Waals surface area contributed by atoms with Gasteiger partial charge in [-0.1, -0.05) is 38.0 Å². The van der Waals surface area contributed by atoms with Gasteiger partial charge < -0.3 is 9.88 Å². The fourth-order valence-electron chi connectivity index (χ4n) is 3.69. The maximum Gasteiger partial charge on any atom is 0.292 e. The zero-order valence-corrected chi connectivity index (χ0v) is 14.1. The molecule has 0 unspecified atom stereocenters. The Kier molecular flexibility index (Phi) is 4.24. The Hall–Kier alpha value is -2.10. The number of aromatic nitrogens is 1. The molecule has 0 aliphatic heterocycles. The average molecular weight is 312 g/mol. The van der Waals surface area contributed by atoms with Crippen LogP contribution in [0.3, 0.4) is 0 Å². The molecule has 1 fully saturated rings. The number of amides is 1. The molecule has 1 N–H and O–H groups in total. The Balaban J connectivity index is 1.88. The van der Waals surface area contributed by atoms with Crippen molar-refractivity contribution in [3.8, 4) is 0 Å². The molecule has 4 nitrogen and oxygen atoms in total. The Morgan fingerprint density at radius 2 is 1.87 bits per heavy atom. The van der Waals surface area contributed by atoms with Gasteiger partial charge in [-0.3, -0.25) is 9.59 Å². The number of fused-ring (bicyclic) bond motifs is 1. The summed E-state index contributed by atoms with van der Waals surface area (Å²) in [5.41, 5.74) is 2.35. The van der Waals surface area contributed by atoms with Crippen LogP contribution in [0.2, 0.25) is 0 Å². The molecule has 4 heteroatoms. The smallest absolute Gasteiger partial charge is 0.292 e. The number of Topliss-reactive ketones (excluding diaryl/α,β-unsaturated/α-hetero) is 1. The number of benzene rings is 1. The summed E-state index contributed by atoms with van der Waals surface area (Å²) in [6.07, 6.45) is 4.42. The molecule has 1 aromatic carbocycles. The van der Waals surface area contributed by atoms with Crippen molar-refractivity contribution in [3.05, 3.63) is 35.5 Å². The maximum atomic E-state index is 12.7. The van der Waals surface area contributed by atoms with Crippen LogP contribution in [-0.4, -0.2) is 22.3 Å². The zero-order chi connectivity index (χ0) is 16.6. The van der Waals surface area contributed by atoms with Crippen LogP contribution in [0, 0.1) is 12.8 Å². The molecule has 0 radical (unpaired) electrons. The van der Waals surface area contributed by atoms with Gasteiger partial charge in [0.25, 0.3) is 11.7 Å². The molecular formula is C19H24N2O2. The van der Waals surface area contributed by atoms with Crippen LogP contribution in [0.1, 0.15) is 48.7 Å². The topological polar surface area (TPSA) is 51.1 Å². The van der Waals surface area contributed by atoms with Crippen molar-refractivity contribution >= 4 is 22.6 Å². The molecule has 1 aromatic heterocycles. The Morgan fingerprint density at radius 1 is 1.17 bits per heavy atom. The van der Waals surface area contributed by atoms with E-state index in [1.807, 2.05) is 42.8 Å². The quantitative estimate of drug-likeness (QED) is 0.698. The van der Waals surface area contributed by atoms with Crippen LogP contribution < -0.4 is 5.32 Å². The average Bonchev–Trinajstić information content (AvgIpc) is 2.81.